The number of ether oxygens (including phenoxy) is 3. The molecular weight excluding hydrogens is 364 g/mol. The maximum atomic E-state index is 12.4. The second-order valence-electron chi connectivity index (χ2n) is 6.52. The van der Waals surface area contributed by atoms with Crippen LogP contribution in [0.2, 0.25) is 0 Å². The van der Waals surface area contributed by atoms with Gasteiger partial charge in [-0.05, 0) is 51.8 Å². The minimum atomic E-state index is -1.14. The number of hydrogen-bond donors (Lipinski definition) is 2. The first-order chi connectivity index (χ1) is 13.3. The average Bonchev–Trinajstić information content (AvgIpc) is 2.63. The largest absolute Gasteiger partial charge is 0.490 e. The fraction of sp³-hybridized carbons (Fsp3) is 0.550. The van der Waals surface area contributed by atoms with Gasteiger partial charge in [0.25, 0.3) is 5.91 Å². The molecule has 0 bridgehead atoms. The average molecular weight is 394 g/mol. The summed E-state index contributed by atoms with van der Waals surface area (Å²) in [4.78, 5) is 35.9. The fourth-order valence-corrected chi connectivity index (χ4v) is 2.09. The van der Waals surface area contributed by atoms with Crippen LogP contribution in [0.4, 0.5) is 4.79 Å². The van der Waals surface area contributed by atoms with Gasteiger partial charge < -0.3 is 19.5 Å². The smallest absolute Gasteiger partial charge is 0.339 e. The molecule has 2 N–H and O–H groups in total. The van der Waals surface area contributed by atoms with Crippen molar-refractivity contribution in [2.45, 2.75) is 59.6 Å². The Morgan fingerprint density at radius 2 is 1.57 bits per heavy atom. The minimum Gasteiger partial charge on any atom is -0.490 e. The van der Waals surface area contributed by atoms with Crippen molar-refractivity contribution in [2.75, 3.05) is 13.2 Å². The lowest BCUT2D eigenvalue weighted by molar-refractivity contribution is -0.127. The normalized spacial score (nSPS) is 11.5. The van der Waals surface area contributed by atoms with Gasteiger partial charge in [0.1, 0.15) is 0 Å². The number of nitrogens with one attached hydrogen (secondary N) is 2. The summed E-state index contributed by atoms with van der Waals surface area (Å²) < 4.78 is 16.4. The summed E-state index contributed by atoms with van der Waals surface area (Å²) >= 11 is 0. The van der Waals surface area contributed by atoms with Crippen LogP contribution in [0, 0.1) is 0 Å². The topological polar surface area (TPSA) is 103 Å². The van der Waals surface area contributed by atoms with Crippen LogP contribution in [0.1, 0.15) is 57.8 Å². The molecule has 0 fully saturated rings. The van der Waals surface area contributed by atoms with Gasteiger partial charge in [-0.1, -0.05) is 13.8 Å². The highest BCUT2D eigenvalue weighted by molar-refractivity contribution is 5.98. The zero-order valence-electron chi connectivity index (χ0n) is 17.2. The molecular formula is C20H30N2O6. The third-order valence-corrected chi connectivity index (χ3v) is 3.41. The highest BCUT2D eigenvalue weighted by Gasteiger charge is 2.22. The number of rotatable bonds is 10. The Morgan fingerprint density at radius 1 is 0.964 bits per heavy atom. The van der Waals surface area contributed by atoms with Gasteiger partial charge in [0.15, 0.2) is 17.6 Å². The molecule has 1 aromatic carbocycles. The van der Waals surface area contributed by atoms with E-state index in [9.17, 15) is 14.4 Å². The summed E-state index contributed by atoms with van der Waals surface area (Å²) in [7, 11) is 0. The number of urea groups is 1. The first kappa shape index (κ1) is 23.3. The Bertz CT molecular complexity index is 675. The molecule has 0 aliphatic rings. The molecule has 28 heavy (non-hydrogen) atoms. The van der Waals surface area contributed by atoms with Gasteiger partial charge in [-0.2, -0.15) is 0 Å². The molecule has 0 aliphatic carbocycles. The fourth-order valence-electron chi connectivity index (χ4n) is 2.09. The standard InChI is InChI=1S/C20H30N2O6/c1-6-10-26-16-9-8-15(12-17(16)27-11-7-2)19(24)28-14(5)18(23)22-20(25)21-13(3)4/h8-9,12-14H,6-7,10-11H2,1-5H3,(H2,21,22,23,25)/t14-/m1/s1. The molecule has 1 rings (SSSR count). The molecule has 1 atom stereocenters. The zero-order valence-corrected chi connectivity index (χ0v) is 17.2. The van der Waals surface area contributed by atoms with E-state index in [0.717, 1.165) is 12.8 Å². The van der Waals surface area contributed by atoms with Gasteiger partial charge >= 0.3 is 12.0 Å². The van der Waals surface area contributed by atoms with Crippen LogP contribution in [-0.2, 0) is 9.53 Å². The molecule has 0 saturated carbocycles. The van der Waals surface area contributed by atoms with Crippen LogP contribution >= 0.6 is 0 Å². The van der Waals surface area contributed by atoms with E-state index in [1.165, 1.54) is 13.0 Å². The molecule has 8 nitrogen and oxygen atoms in total. The van der Waals surface area contributed by atoms with Crippen molar-refractivity contribution in [1.29, 1.82) is 0 Å². The molecule has 3 amide bonds. The Balaban J connectivity index is 2.78. The monoisotopic (exact) mass is 394 g/mol. The van der Waals surface area contributed by atoms with Crippen LogP contribution in [-0.4, -0.2) is 43.3 Å². The van der Waals surface area contributed by atoms with Crippen molar-refractivity contribution in [3.8, 4) is 11.5 Å². The summed E-state index contributed by atoms with van der Waals surface area (Å²) in [5.41, 5.74) is 0.223. The minimum absolute atomic E-state index is 0.124. The number of benzene rings is 1. The first-order valence-corrected chi connectivity index (χ1v) is 9.50. The number of amides is 3. The Morgan fingerprint density at radius 3 is 2.14 bits per heavy atom. The zero-order chi connectivity index (χ0) is 21.1. The second kappa shape index (κ2) is 11.8. The number of carbonyl (C=O) groups excluding carboxylic acids is 3. The predicted octanol–water partition coefficient (Wildman–Crippen LogP) is 3.04. The van der Waals surface area contributed by atoms with Crippen LogP contribution < -0.4 is 20.1 Å². The molecule has 0 aliphatic heterocycles. The lowest BCUT2D eigenvalue weighted by atomic mass is 10.2. The van der Waals surface area contributed by atoms with Crippen molar-refractivity contribution < 1.29 is 28.6 Å². The molecule has 1 aromatic rings. The van der Waals surface area contributed by atoms with Gasteiger partial charge in [0, 0.05) is 6.04 Å². The van der Waals surface area contributed by atoms with Gasteiger partial charge in [-0.15, -0.1) is 0 Å². The highest BCUT2D eigenvalue weighted by Crippen LogP contribution is 2.29. The predicted molar refractivity (Wildman–Crippen MR) is 105 cm³/mol. The van der Waals surface area contributed by atoms with Crippen LogP contribution in [0.25, 0.3) is 0 Å². The van der Waals surface area contributed by atoms with Crippen LogP contribution in [0.5, 0.6) is 11.5 Å². The van der Waals surface area contributed by atoms with Crippen molar-refractivity contribution in [3.63, 3.8) is 0 Å². The van der Waals surface area contributed by atoms with E-state index in [2.05, 4.69) is 10.6 Å². The van der Waals surface area contributed by atoms with Crippen molar-refractivity contribution >= 4 is 17.9 Å². The van der Waals surface area contributed by atoms with E-state index < -0.39 is 24.0 Å². The summed E-state index contributed by atoms with van der Waals surface area (Å²) in [5.74, 6) is -0.423. The van der Waals surface area contributed by atoms with Gasteiger partial charge in [-0.25, -0.2) is 9.59 Å². The number of imide groups is 1. The lowest BCUT2D eigenvalue weighted by Crippen LogP contribution is -2.46. The van der Waals surface area contributed by atoms with Crippen LogP contribution in [0.15, 0.2) is 18.2 Å². The Hall–Kier alpha value is -2.77. The van der Waals surface area contributed by atoms with E-state index in [1.807, 2.05) is 13.8 Å². The quantitative estimate of drug-likeness (QED) is 0.591. The van der Waals surface area contributed by atoms with E-state index in [1.54, 1.807) is 26.0 Å². The van der Waals surface area contributed by atoms with Gasteiger partial charge in [0.05, 0.1) is 18.8 Å². The Labute approximate surface area is 165 Å². The van der Waals surface area contributed by atoms with Crippen molar-refractivity contribution in [3.05, 3.63) is 23.8 Å². The molecule has 8 heteroatoms. The van der Waals surface area contributed by atoms with E-state index >= 15 is 0 Å². The van der Waals surface area contributed by atoms with Gasteiger partial charge in [0.2, 0.25) is 0 Å². The number of hydrogen-bond acceptors (Lipinski definition) is 6. The lowest BCUT2D eigenvalue weighted by Gasteiger charge is -2.16. The van der Waals surface area contributed by atoms with E-state index in [-0.39, 0.29) is 11.6 Å². The second-order valence-corrected chi connectivity index (χ2v) is 6.52. The molecule has 156 valence electrons. The maximum absolute atomic E-state index is 12.4. The summed E-state index contributed by atoms with van der Waals surface area (Å²) in [6.45, 7) is 9.89. The Kier molecular flexibility index (Phi) is 9.84. The SMILES string of the molecule is CCCOc1ccc(C(=O)O[C@H](C)C(=O)NC(=O)NC(C)C)cc1OCCC. The van der Waals surface area contributed by atoms with Crippen molar-refractivity contribution in [1.82, 2.24) is 10.6 Å². The third kappa shape index (κ3) is 7.85. The third-order valence-electron chi connectivity index (χ3n) is 3.41. The first-order valence-electron chi connectivity index (χ1n) is 9.50. The van der Waals surface area contributed by atoms with E-state index in [4.69, 9.17) is 14.2 Å². The molecule has 0 saturated heterocycles. The molecule has 0 unspecified atom stereocenters. The van der Waals surface area contributed by atoms with Crippen molar-refractivity contribution in [2.24, 2.45) is 0 Å². The summed E-state index contributed by atoms with van der Waals surface area (Å²) in [6.07, 6.45) is 0.507. The maximum Gasteiger partial charge on any atom is 0.339 e. The molecule has 0 heterocycles. The van der Waals surface area contributed by atoms with Crippen LogP contribution in [0.3, 0.4) is 0 Å². The molecule has 0 radical (unpaired) electrons. The summed E-state index contributed by atoms with van der Waals surface area (Å²) in [5, 5.41) is 4.65. The highest BCUT2D eigenvalue weighted by atomic mass is 16.5. The number of carbonyl (C=O) groups is 3. The molecule has 0 spiro atoms. The number of esters is 1. The molecule has 0 aromatic heterocycles. The van der Waals surface area contributed by atoms with E-state index in [0.29, 0.717) is 24.7 Å². The van der Waals surface area contributed by atoms with Gasteiger partial charge in [-0.3, -0.25) is 10.1 Å². The summed E-state index contributed by atoms with van der Waals surface area (Å²) in [6, 6.07) is 3.94.